The van der Waals surface area contributed by atoms with E-state index in [-0.39, 0.29) is 0 Å². The van der Waals surface area contributed by atoms with Crippen LogP contribution < -0.4 is 10.2 Å². The highest BCUT2D eigenvalue weighted by molar-refractivity contribution is 6.59. The van der Waals surface area contributed by atoms with E-state index in [1.165, 1.54) is 0 Å². The maximum Gasteiger partial charge on any atom is 0.488 e. The quantitative estimate of drug-likeness (QED) is 0.531. The van der Waals surface area contributed by atoms with Gasteiger partial charge in [0.2, 0.25) is 0 Å². The molecule has 5 heteroatoms. The van der Waals surface area contributed by atoms with Gasteiger partial charge in [0.15, 0.2) is 0 Å². The monoisotopic (exact) mass is 224 g/mol. The first kappa shape index (κ1) is 13.0. The zero-order valence-corrected chi connectivity index (χ0v) is 9.64. The molecular formula is C11H17BO4. The fourth-order valence-electron chi connectivity index (χ4n) is 1.39. The number of benzene rings is 1. The van der Waals surface area contributed by atoms with E-state index < -0.39 is 7.12 Å². The van der Waals surface area contributed by atoms with Crippen LogP contribution in [0.15, 0.2) is 18.2 Å². The van der Waals surface area contributed by atoms with Crippen molar-refractivity contribution in [3.05, 3.63) is 23.8 Å². The minimum Gasteiger partial charge on any atom is -0.491 e. The number of aryl methyl sites for hydroxylation is 1. The van der Waals surface area contributed by atoms with Crippen molar-refractivity contribution < 1.29 is 19.5 Å². The summed E-state index contributed by atoms with van der Waals surface area (Å²) in [6.07, 6.45) is 0. The van der Waals surface area contributed by atoms with Gasteiger partial charge in [0.25, 0.3) is 0 Å². The SMILES string of the molecule is CCOCCOc1ccc(B(O)O)c(C)c1. The van der Waals surface area contributed by atoms with Gasteiger partial charge in [-0.25, -0.2) is 0 Å². The Labute approximate surface area is 96.0 Å². The van der Waals surface area contributed by atoms with Crippen LogP contribution in [0.25, 0.3) is 0 Å². The maximum atomic E-state index is 9.04. The largest absolute Gasteiger partial charge is 0.491 e. The lowest BCUT2D eigenvalue weighted by atomic mass is 9.77. The molecule has 88 valence electrons. The van der Waals surface area contributed by atoms with E-state index in [0.29, 0.717) is 31.0 Å². The lowest BCUT2D eigenvalue weighted by molar-refractivity contribution is 0.110. The molecule has 1 rings (SSSR count). The average molecular weight is 224 g/mol. The van der Waals surface area contributed by atoms with Gasteiger partial charge in [0, 0.05) is 6.61 Å². The lowest BCUT2D eigenvalue weighted by Crippen LogP contribution is -2.31. The Morgan fingerprint density at radius 2 is 2.00 bits per heavy atom. The van der Waals surface area contributed by atoms with Crippen molar-refractivity contribution >= 4 is 12.6 Å². The summed E-state index contributed by atoms with van der Waals surface area (Å²) >= 11 is 0. The van der Waals surface area contributed by atoms with Crippen LogP contribution in [-0.2, 0) is 4.74 Å². The molecular weight excluding hydrogens is 207 g/mol. The van der Waals surface area contributed by atoms with Gasteiger partial charge in [0.1, 0.15) is 12.4 Å². The molecule has 0 aliphatic heterocycles. The summed E-state index contributed by atoms with van der Waals surface area (Å²) in [7, 11) is -1.43. The van der Waals surface area contributed by atoms with Gasteiger partial charge in [-0.1, -0.05) is 6.07 Å². The molecule has 0 saturated heterocycles. The molecule has 0 spiro atoms. The van der Waals surface area contributed by atoms with Gasteiger partial charge < -0.3 is 19.5 Å². The summed E-state index contributed by atoms with van der Waals surface area (Å²) in [6.45, 7) is 5.47. The average Bonchev–Trinajstić information content (AvgIpc) is 2.24. The third-order valence-corrected chi connectivity index (χ3v) is 2.22. The molecule has 0 bridgehead atoms. The zero-order valence-electron chi connectivity index (χ0n) is 9.64. The van der Waals surface area contributed by atoms with E-state index in [4.69, 9.17) is 19.5 Å². The van der Waals surface area contributed by atoms with Gasteiger partial charge in [-0.2, -0.15) is 0 Å². The van der Waals surface area contributed by atoms with Crippen molar-refractivity contribution in [2.75, 3.05) is 19.8 Å². The van der Waals surface area contributed by atoms with Crippen molar-refractivity contribution in [3.63, 3.8) is 0 Å². The predicted molar refractivity (Wildman–Crippen MR) is 63.0 cm³/mol. The fraction of sp³-hybridized carbons (Fsp3) is 0.455. The minimum atomic E-state index is -1.43. The Balaban J connectivity index is 2.53. The van der Waals surface area contributed by atoms with E-state index >= 15 is 0 Å². The second kappa shape index (κ2) is 6.53. The molecule has 16 heavy (non-hydrogen) atoms. The summed E-state index contributed by atoms with van der Waals surface area (Å²) in [5.41, 5.74) is 1.29. The molecule has 4 nitrogen and oxygen atoms in total. The summed E-state index contributed by atoms with van der Waals surface area (Å²) in [4.78, 5) is 0. The first-order valence-electron chi connectivity index (χ1n) is 5.32. The van der Waals surface area contributed by atoms with Crippen LogP contribution in [0, 0.1) is 6.92 Å². The van der Waals surface area contributed by atoms with E-state index in [2.05, 4.69) is 0 Å². The molecule has 0 atom stereocenters. The van der Waals surface area contributed by atoms with Gasteiger partial charge in [-0.15, -0.1) is 0 Å². The highest BCUT2D eigenvalue weighted by atomic mass is 16.5. The predicted octanol–water partition coefficient (Wildman–Crippen LogP) is 0.0901. The van der Waals surface area contributed by atoms with E-state index in [1.54, 1.807) is 18.2 Å². The third-order valence-electron chi connectivity index (χ3n) is 2.22. The Kier molecular flexibility index (Phi) is 5.32. The van der Waals surface area contributed by atoms with Crippen molar-refractivity contribution in [1.82, 2.24) is 0 Å². The number of hydrogen-bond acceptors (Lipinski definition) is 4. The van der Waals surface area contributed by atoms with E-state index in [0.717, 1.165) is 5.56 Å². The number of ether oxygens (including phenoxy) is 2. The summed E-state index contributed by atoms with van der Waals surface area (Å²) < 4.78 is 10.6. The minimum absolute atomic E-state index is 0.494. The third kappa shape index (κ3) is 3.85. The Hall–Kier alpha value is -1.04. The topological polar surface area (TPSA) is 58.9 Å². The first-order valence-corrected chi connectivity index (χ1v) is 5.32. The van der Waals surface area contributed by atoms with Crippen molar-refractivity contribution in [1.29, 1.82) is 0 Å². The summed E-state index contributed by atoms with van der Waals surface area (Å²) in [5, 5.41) is 18.1. The normalized spacial score (nSPS) is 10.2. The smallest absolute Gasteiger partial charge is 0.488 e. The van der Waals surface area contributed by atoms with Crippen LogP contribution in [0.4, 0.5) is 0 Å². The van der Waals surface area contributed by atoms with Crippen LogP contribution in [0.3, 0.4) is 0 Å². The molecule has 1 aromatic rings. The van der Waals surface area contributed by atoms with Crippen LogP contribution in [0.1, 0.15) is 12.5 Å². The fourth-order valence-corrected chi connectivity index (χ4v) is 1.39. The maximum absolute atomic E-state index is 9.04. The number of hydrogen-bond donors (Lipinski definition) is 2. The van der Waals surface area contributed by atoms with E-state index in [9.17, 15) is 0 Å². The number of rotatable bonds is 6. The molecule has 0 aliphatic rings. The lowest BCUT2D eigenvalue weighted by Gasteiger charge is -2.09. The molecule has 0 fully saturated rings. The Bertz CT molecular complexity index is 328. The zero-order chi connectivity index (χ0) is 12.0. The van der Waals surface area contributed by atoms with Gasteiger partial charge in [0.05, 0.1) is 6.61 Å². The van der Waals surface area contributed by atoms with Gasteiger partial charge in [-0.05, 0) is 37.0 Å². The van der Waals surface area contributed by atoms with Gasteiger partial charge in [-0.3, -0.25) is 0 Å². The second-order valence-electron chi connectivity index (χ2n) is 3.44. The first-order chi connectivity index (χ1) is 7.65. The summed E-state index contributed by atoms with van der Waals surface area (Å²) in [6, 6.07) is 5.14. The Morgan fingerprint density at radius 1 is 1.25 bits per heavy atom. The molecule has 1 aromatic carbocycles. The highest BCUT2D eigenvalue weighted by Crippen LogP contribution is 2.11. The molecule has 0 heterocycles. The molecule has 0 saturated carbocycles. The van der Waals surface area contributed by atoms with Gasteiger partial charge >= 0.3 is 7.12 Å². The van der Waals surface area contributed by atoms with E-state index in [1.807, 2.05) is 13.8 Å². The molecule has 0 aromatic heterocycles. The van der Waals surface area contributed by atoms with Crippen molar-refractivity contribution in [3.8, 4) is 5.75 Å². The summed E-state index contributed by atoms with van der Waals surface area (Å²) in [5.74, 6) is 0.710. The van der Waals surface area contributed by atoms with Crippen LogP contribution in [0.2, 0.25) is 0 Å². The van der Waals surface area contributed by atoms with Crippen LogP contribution in [-0.4, -0.2) is 37.0 Å². The molecule has 0 radical (unpaired) electrons. The van der Waals surface area contributed by atoms with Crippen LogP contribution >= 0.6 is 0 Å². The molecule has 0 unspecified atom stereocenters. The highest BCUT2D eigenvalue weighted by Gasteiger charge is 2.13. The van der Waals surface area contributed by atoms with Crippen molar-refractivity contribution in [2.45, 2.75) is 13.8 Å². The second-order valence-corrected chi connectivity index (χ2v) is 3.44. The molecule has 2 N–H and O–H groups in total. The van der Waals surface area contributed by atoms with Crippen molar-refractivity contribution in [2.24, 2.45) is 0 Å². The standard InChI is InChI=1S/C11H17BO4/c1-3-15-6-7-16-10-4-5-11(12(13)14)9(2)8-10/h4-5,8,13-14H,3,6-7H2,1-2H3. The Morgan fingerprint density at radius 3 is 2.56 bits per heavy atom. The molecule has 0 amide bonds. The van der Waals surface area contributed by atoms with Crippen LogP contribution in [0.5, 0.6) is 5.75 Å². The molecule has 0 aliphatic carbocycles.